The van der Waals surface area contributed by atoms with Crippen LogP contribution in [0.5, 0.6) is 0 Å². The number of carboxylic acid groups (broad SMARTS) is 1. The molecule has 0 aromatic heterocycles. The molecule has 0 aliphatic heterocycles. The standard InChI is InChI=1S/C13H14Cl2O2/c14-11-5-4-8(7-12(11)15)6-9-2-1-3-10(9)13(16)17/h4-5,7,9-10H,1-3,6H2,(H,16,17). The summed E-state index contributed by atoms with van der Waals surface area (Å²) in [4.78, 5) is 11.1. The average molecular weight is 273 g/mol. The van der Waals surface area contributed by atoms with E-state index < -0.39 is 5.97 Å². The highest BCUT2D eigenvalue weighted by Gasteiger charge is 2.32. The van der Waals surface area contributed by atoms with Gasteiger partial charge >= 0.3 is 5.97 Å². The number of rotatable bonds is 3. The maximum atomic E-state index is 11.1. The normalized spacial score (nSPS) is 23.9. The number of hydrogen-bond donors (Lipinski definition) is 1. The van der Waals surface area contributed by atoms with Gasteiger partial charge in [0.25, 0.3) is 0 Å². The highest BCUT2D eigenvalue weighted by Crippen LogP contribution is 2.35. The highest BCUT2D eigenvalue weighted by molar-refractivity contribution is 6.42. The van der Waals surface area contributed by atoms with E-state index in [1.54, 1.807) is 6.07 Å². The van der Waals surface area contributed by atoms with Gasteiger partial charge in [0.1, 0.15) is 0 Å². The molecule has 0 saturated heterocycles. The molecule has 1 aromatic rings. The molecule has 2 atom stereocenters. The lowest BCUT2D eigenvalue weighted by Crippen LogP contribution is -2.19. The van der Waals surface area contributed by atoms with Crippen molar-refractivity contribution < 1.29 is 9.90 Å². The Labute approximate surface area is 111 Å². The molecule has 1 N–H and O–H groups in total. The van der Waals surface area contributed by atoms with Crippen molar-refractivity contribution in [2.24, 2.45) is 11.8 Å². The van der Waals surface area contributed by atoms with Gasteiger partial charge in [0, 0.05) is 0 Å². The molecule has 0 amide bonds. The van der Waals surface area contributed by atoms with Crippen LogP contribution in [-0.2, 0) is 11.2 Å². The maximum absolute atomic E-state index is 11.1. The van der Waals surface area contributed by atoms with E-state index in [1.807, 2.05) is 12.1 Å². The molecule has 2 nitrogen and oxygen atoms in total. The minimum atomic E-state index is -0.674. The number of carboxylic acids is 1. The quantitative estimate of drug-likeness (QED) is 0.902. The minimum Gasteiger partial charge on any atom is -0.481 e. The summed E-state index contributed by atoms with van der Waals surface area (Å²) in [5, 5.41) is 10.2. The molecular weight excluding hydrogens is 259 g/mol. The summed E-state index contributed by atoms with van der Waals surface area (Å²) in [7, 11) is 0. The van der Waals surface area contributed by atoms with Crippen LogP contribution >= 0.6 is 23.2 Å². The first-order chi connectivity index (χ1) is 8.08. The fourth-order valence-electron chi connectivity index (χ4n) is 2.58. The summed E-state index contributed by atoms with van der Waals surface area (Å²) >= 11 is 11.8. The van der Waals surface area contributed by atoms with Crippen molar-refractivity contribution in [1.29, 1.82) is 0 Å². The van der Waals surface area contributed by atoms with Crippen LogP contribution in [0.4, 0.5) is 0 Å². The van der Waals surface area contributed by atoms with Crippen molar-refractivity contribution in [3.8, 4) is 0 Å². The fraction of sp³-hybridized carbons (Fsp3) is 0.462. The molecule has 0 spiro atoms. The van der Waals surface area contributed by atoms with Gasteiger partial charge in [-0.3, -0.25) is 4.79 Å². The average Bonchev–Trinajstić information content (AvgIpc) is 2.72. The molecule has 2 rings (SSSR count). The van der Waals surface area contributed by atoms with Gasteiger partial charge in [-0.15, -0.1) is 0 Å². The van der Waals surface area contributed by atoms with Crippen LogP contribution in [0, 0.1) is 11.8 Å². The second-order valence-corrected chi connectivity index (χ2v) is 5.40. The van der Waals surface area contributed by atoms with Gasteiger partial charge in [-0.25, -0.2) is 0 Å². The summed E-state index contributed by atoms with van der Waals surface area (Å²) < 4.78 is 0. The first-order valence-corrected chi connectivity index (χ1v) is 6.50. The molecular formula is C13H14Cl2O2. The fourth-order valence-corrected chi connectivity index (χ4v) is 2.90. The predicted molar refractivity (Wildman–Crippen MR) is 68.6 cm³/mol. The molecule has 1 aliphatic rings. The lowest BCUT2D eigenvalue weighted by molar-refractivity contribution is -0.142. The molecule has 2 unspecified atom stereocenters. The first kappa shape index (κ1) is 12.7. The Hall–Kier alpha value is -0.730. The lowest BCUT2D eigenvalue weighted by atomic mass is 9.90. The van der Waals surface area contributed by atoms with Crippen LogP contribution < -0.4 is 0 Å². The topological polar surface area (TPSA) is 37.3 Å². The Morgan fingerprint density at radius 2 is 2.06 bits per heavy atom. The third-order valence-electron chi connectivity index (χ3n) is 3.46. The molecule has 1 fully saturated rings. The van der Waals surface area contributed by atoms with Crippen LogP contribution in [0.15, 0.2) is 18.2 Å². The van der Waals surface area contributed by atoms with Gasteiger partial charge < -0.3 is 5.11 Å². The molecule has 0 bridgehead atoms. The van der Waals surface area contributed by atoms with Crippen molar-refractivity contribution in [1.82, 2.24) is 0 Å². The van der Waals surface area contributed by atoms with Gasteiger partial charge in [-0.05, 0) is 42.9 Å². The van der Waals surface area contributed by atoms with Crippen molar-refractivity contribution >= 4 is 29.2 Å². The summed E-state index contributed by atoms with van der Waals surface area (Å²) in [6.45, 7) is 0. The van der Waals surface area contributed by atoms with Crippen LogP contribution in [0.25, 0.3) is 0 Å². The molecule has 1 saturated carbocycles. The molecule has 17 heavy (non-hydrogen) atoms. The van der Waals surface area contributed by atoms with E-state index in [2.05, 4.69) is 0 Å². The Morgan fingerprint density at radius 3 is 2.71 bits per heavy atom. The molecule has 0 radical (unpaired) electrons. The van der Waals surface area contributed by atoms with Gasteiger partial charge in [-0.2, -0.15) is 0 Å². The second kappa shape index (κ2) is 5.28. The lowest BCUT2D eigenvalue weighted by Gasteiger charge is -2.15. The van der Waals surface area contributed by atoms with Crippen LogP contribution in [-0.4, -0.2) is 11.1 Å². The van der Waals surface area contributed by atoms with E-state index in [0.29, 0.717) is 10.0 Å². The zero-order valence-corrected chi connectivity index (χ0v) is 10.8. The Kier molecular flexibility index (Phi) is 3.95. The molecule has 92 valence electrons. The van der Waals surface area contributed by atoms with E-state index in [4.69, 9.17) is 28.3 Å². The third kappa shape index (κ3) is 2.93. The number of halogens is 2. The van der Waals surface area contributed by atoms with Crippen molar-refractivity contribution in [2.45, 2.75) is 25.7 Å². The van der Waals surface area contributed by atoms with E-state index in [-0.39, 0.29) is 11.8 Å². The van der Waals surface area contributed by atoms with Gasteiger partial charge in [-0.1, -0.05) is 35.7 Å². The number of carbonyl (C=O) groups is 1. The summed E-state index contributed by atoms with van der Waals surface area (Å²) in [5.41, 5.74) is 1.07. The summed E-state index contributed by atoms with van der Waals surface area (Å²) in [6, 6.07) is 5.52. The Morgan fingerprint density at radius 1 is 1.29 bits per heavy atom. The third-order valence-corrected chi connectivity index (χ3v) is 4.20. The molecule has 0 heterocycles. The number of benzene rings is 1. The van der Waals surface area contributed by atoms with Crippen LogP contribution in [0.1, 0.15) is 24.8 Å². The zero-order chi connectivity index (χ0) is 12.4. The SMILES string of the molecule is O=C(O)C1CCCC1Cc1ccc(Cl)c(Cl)c1. The number of hydrogen-bond acceptors (Lipinski definition) is 1. The highest BCUT2D eigenvalue weighted by atomic mass is 35.5. The Bertz CT molecular complexity index is 431. The minimum absolute atomic E-state index is 0.204. The van der Waals surface area contributed by atoms with Crippen molar-refractivity contribution in [3.05, 3.63) is 33.8 Å². The van der Waals surface area contributed by atoms with Crippen molar-refractivity contribution in [2.75, 3.05) is 0 Å². The van der Waals surface area contributed by atoms with Gasteiger partial charge in [0.15, 0.2) is 0 Å². The maximum Gasteiger partial charge on any atom is 0.306 e. The molecule has 4 heteroatoms. The monoisotopic (exact) mass is 272 g/mol. The second-order valence-electron chi connectivity index (χ2n) is 4.59. The smallest absolute Gasteiger partial charge is 0.306 e. The molecule has 1 aliphatic carbocycles. The van der Waals surface area contributed by atoms with E-state index in [9.17, 15) is 4.79 Å². The van der Waals surface area contributed by atoms with E-state index >= 15 is 0 Å². The van der Waals surface area contributed by atoms with Crippen LogP contribution in [0.2, 0.25) is 10.0 Å². The molecule has 1 aromatic carbocycles. The Balaban J connectivity index is 2.09. The van der Waals surface area contributed by atoms with E-state index in [1.165, 1.54) is 0 Å². The number of aliphatic carboxylic acids is 1. The predicted octanol–water partition coefficient (Wildman–Crippen LogP) is 4.04. The van der Waals surface area contributed by atoms with Crippen LogP contribution in [0.3, 0.4) is 0 Å². The van der Waals surface area contributed by atoms with Gasteiger partial charge in [0.2, 0.25) is 0 Å². The van der Waals surface area contributed by atoms with E-state index in [0.717, 1.165) is 31.2 Å². The summed E-state index contributed by atoms with van der Waals surface area (Å²) in [5.74, 6) is -0.651. The van der Waals surface area contributed by atoms with Gasteiger partial charge in [0.05, 0.1) is 16.0 Å². The largest absolute Gasteiger partial charge is 0.481 e. The zero-order valence-electron chi connectivity index (χ0n) is 9.33. The summed E-state index contributed by atoms with van der Waals surface area (Å²) in [6.07, 6.45) is 3.55. The van der Waals surface area contributed by atoms with Crippen molar-refractivity contribution in [3.63, 3.8) is 0 Å². The first-order valence-electron chi connectivity index (χ1n) is 5.74.